The Morgan fingerprint density at radius 1 is 0.800 bits per heavy atom. The standard InChI is InChI=1S/C34H37N3O7S/c1-3-4-5-6-7-20-43-29-16-12-25(13-17-29)28-22-35-32(36-23-28)26-10-8-24(9-11-26)21-31(34(39)40)37-33(38)27-14-18-30(19-15-27)44-45(2,41)42/h8-19,22-23,31H,3-7,20-21H2,1-2H3,(H,37,38)(H,39,40). The zero-order chi connectivity index (χ0) is 32.2. The Balaban J connectivity index is 1.32. The number of hydrogen-bond acceptors (Lipinski definition) is 8. The molecule has 10 nitrogen and oxygen atoms in total. The van der Waals surface area contributed by atoms with E-state index < -0.39 is 28.0 Å². The lowest BCUT2D eigenvalue weighted by Crippen LogP contribution is -2.42. The number of carboxylic acids is 1. The van der Waals surface area contributed by atoms with Gasteiger partial charge in [0.05, 0.1) is 12.9 Å². The van der Waals surface area contributed by atoms with Crippen LogP contribution in [-0.4, -0.2) is 54.3 Å². The summed E-state index contributed by atoms with van der Waals surface area (Å²) in [5.74, 6) is -0.388. The van der Waals surface area contributed by atoms with Crippen molar-refractivity contribution in [3.05, 3.63) is 96.3 Å². The average Bonchev–Trinajstić information content (AvgIpc) is 3.02. The van der Waals surface area contributed by atoms with E-state index in [2.05, 4.69) is 22.2 Å². The third-order valence-electron chi connectivity index (χ3n) is 6.98. The number of unbranched alkanes of at least 4 members (excludes halogenated alkanes) is 4. The third-order valence-corrected chi connectivity index (χ3v) is 7.47. The van der Waals surface area contributed by atoms with Gasteiger partial charge in [-0.3, -0.25) is 4.79 Å². The maximum atomic E-state index is 12.7. The number of rotatable bonds is 16. The van der Waals surface area contributed by atoms with Gasteiger partial charge in [0.2, 0.25) is 0 Å². The van der Waals surface area contributed by atoms with Crippen molar-refractivity contribution >= 4 is 22.0 Å². The van der Waals surface area contributed by atoms with Gasteiger partial charge in [-0.25, -0.2) is 14.8 Å². The Hall–Kier alpha value is -4.77. The molecule has 2 N–H and O–H groups in total. The van der Waals surface area contributed by atoms with Crippen LogP contribution in [0.5, 0.6) is 11.5 Å². The van der Waals surface area contributed by atoms with Crippen LogP contribution in [0.4, 0.5) is 0 Å². The Morgan fingerprint density at radius 2 is 1.40 bits per heavy atom. The second-order valence-corrected chi connectivity index (χ2v) is 12.2. The van der Waals surface area contributed by atoms with Gasteiger partial charge in [-0.1, -0.05) is 69.0 Å². The predicted molar refractivity (Wildman–Crippen MR) is 172 cm³/mol. The smallest absolute Gasteiger partial charge is 0.326 e. The van der Waals surface area contributed by atoms with Crippen molar-refractivity contribution in [1.29, 1.82) is 0 Å². The number of aromatic nitrogens is 2. The summed E-state index contributed by atoms with van der Waals surface area (Å²) in [5, 5.41) is 12.2. The van der Waals surface area contributed by atoms with E-state index in [1.54, 1.807) is 36.7 Å². The lowest BCUT2D eigenvalue weighted by molar-refractivity contribution is -0.139. The van der Waals surface area contributed by atoms with Gasteiger partial charge in [-0.15, -0.1) is 0 Å². The van der Waals surface area contributed by atoms with Crippen LogP contribution in [0, 0.1) is 0 Å². The Labute approximate surface area is 263 Å². The fourth-order valence-corrected chi connectivity index (χ4v) is 5.03. The minimum absolute atomic E-state index is 0.0467. The molecule has 0 saturated carbocycles. The fraction of sp³-hybridized carbons (Fsp3) is 0.294. The van der Waals surface area contributed by atoms with E-state index in [4.69, 9.17) is 8.92 Å². The first-order valence-corrected chi connectivity index (χ1v) is 16.6. The molecular formula is C34H37N3O7S. The molecule has 45 heavy (non-hydrogen) atoms. The number of aliphatic carboxylic acids is 1. The van der Waals surface area contributed by atoms with Gasteiger partial charge in [-0.2, -0.15) is 8.42 Å². The molecule has 3 aromatic carbocycles. The molecule has 0 spiro atoms. The van der Waals surface area contributed by atoms with Gasteiger partial charge in [0, 0.05) is 35.5 Å². The van der Waals surface area contributed by atoms with Crippen LogP contribution in [0.2, 0.25) is 0 Å². The Morgan fingerprint density at radius 3 is 2.00 bits per heavy atom. The number of hydrogen-bond donors (Lipinski definition) is 2. The van der Waals surface area contributed by atoms with Crippen LogP contribution < -0.4 is 14.2 Å². The van der Waals surface area contributed by atoms with Crippen LogP contribution >= 0.6 is 0 Å². The number of ether oxygens (including phenoxy) is 1. The number of nitrogens with zero attached hydrogens (tertiary/aromatic N) is 2. The quantitative estimate of drug-likeness (QED) is 0.114. The normalized spacial score (nSPS) is 11.9. The topological polar surface area (TPSA) is 145 Å². The van der Waals surface area contributed by atoms with E-state index in [1.807, 2.05) is 24.3 Å². The number of amides is 1. The lowest BCUT2D eigenvalue weighted by Gasteiger charge is -2.15. The second kappa shape index (κ2) is 15.8. The highest BCUT2D eigenvalue weighted by Crippen LogP contribution is 2.24. The van der Waals surface area contributed by atoms with Crippen molar-refractivity contribution < 1.29 is 32.0 Å². The van der Waals surface area contributed by atoms with Crippen LogP contribution in [0.25, 0.3) is 22.5 Å². The second-order valence-electron chi connectivity index (χ2n) is 10.7. The van der Waals surface area contributed by atoms with Crippen LogP contribution in [0.15, 0.2) is 85.2 Å². The SMILES string of the molecule is CCCCCCCOc1ccc(-c2cnc(-c3ccc(CC(NC(=O)c4ccc(OS(C)(=O)=O)cc4)C(=O)O)cc3)nc2)cc1. The predicted octanol–water partition coefficient (Wildman–Crippen LogP) is 5.92. The van der Waals surface area contributed by atoms with E-state index >= 15 is 0 Å². The monoisotopic (exact) mass is 631 g/mol. The molecule has 1 unspecified atom stereocenters. The minimum atomic E-state index is -3.71. The van der Waals surface area contributed by atoms with E-state index in [0.717, 1.165) is 35.1 Å². The summed E-state index contributed by atoms with van der Waals surface area (Å²) < 4.78 is 33.1. The zero-order valence-corrected chi connectivity index (χ0v) is 26.1. The van der Waals surface area contributed by atoms with Gasteiger partial charge in [0.15, 0.2) is 5.82 Å². The molecule has 1 amide bonds. The molecular weight excluding hydrogens is 594 g/mol. The molecule has 0 fully saturated rings. The maximum Gasteiger partial charge on any atom is 0.326 e. The summed E-state index contributed by atoms with van der Waals surface area (Å²) in [6.45, 7) is 2.92. The molecule has 0 bridgehead atoms. The summed E-state index contributed by atoms with van der Waals surface area (Å²) in [7, 11) is -3.71. The summed E-state index contributed by atoms with van der Waals surface area (Å²) in [6, 6.07) is 19.2. The third kappa shape index (κ3) is 10.4. The van der Waals surface area contributed by atoms with E-state index in [0.29, 0.717) is 18.0 Å². The number of carboxylic acid groups (broad SMARTS) is 1. The highest BCUT2D eigenvalue weighted by Gasteiger charge is 2.21. The van der Waals surface area contributed by atoms with E-state index in [1.165, 1.54) is 49.9 Å². The molecule has 1 aromatic heterocycles. The molecule has 236 valence electrons. The molecule has 0 saturated heterocycles. The highest BCUT2D eigenvalue weighted by molar-refractivity contribution is 7.86. The molecule has 4 aromatic rings. The number of carbonyl (C=O) groups excluding carboxylic acids is 1. The minimum Gasteiger partial charge on any atom is -0.494 e. The maximum absolute atomic E-state index is 12.7. The van der Waals surface area contributed by atoms with Crippen molar-refractivity contribution in [3.63, 3.8) is 0 Å². The van der Waals surface area contributed by atoms with Gasteiger partial charge in [-0.05, 0) is 53.9 Å². The van der Waals surface area contributed by atoms with Crippen LogP contribution in [0.1, 0.15) is 54.9 Å². The van der Waals surface area contributed by atoms with Crippen molar-refractivity contribution in [2.45, 2.75) is 51.5 Å². The lowest BCUT2D eigenvalue weighted by atomic mass is 10.0. The summed E-state index contributed by atoms with van der Waals surface area (Å²) in [5.41, 5.74) is 3.48. The first-order chi connectivity index (χ1) is 21.6. The first kappa shape index (κ1) is 33.1. The zero-order valence-electron chi connectivity index (χ0n) is 25.3. The summed E-state index contributed by atoms with van der Waals surface area (Å²) >= 11 is 0. The van der Waals surface area contributed by atoms with Crippen molar-refractivity contribution in [2.24, 2.45) is 0 Å². The highest BCUT2D eigenvalue weighted by atomic mass is 32.2. The van der Waals surface area contributed by atoms with Crippen LogP contribution in [-0.2, 0) is 21.3 Å². The van der Waals surface area contributed by atoms with Gasteiger partial charge in [0.1, 0.15) is 17.5 Å². The van der Waals surface area contributed by atoms with Crippen molar-refractivity contribution in [2.75, 3.05) is 12.9 Å². The Kier molecular flexibility index (Phi) is 11.6. The molecule has 4 rings (SSSR count). The largest absolute Gasteiger partial charge is 0.494 e. The van der Waals surface area contributed by atoms with Crippen LogP contribution in [0.3, 0.4) is 0 Å². The molecule has 0 aliphatic carbocycles. The van der Waals surface area contributed by atoms with Gasteiger partial charge < -0.3 is 19.3 Å². The first-order valence-electron chi connectivity index (χ1n) is 14.8. The molecule has 1 heterocycles. The van der Waals surface area contributed by atoms with Gasteiger partial charge in [0.25, 0.3) is 5.91 Å². The fourth-order valence-electron chi connectivity index (χ4n) is 4.57. The molecule has 0 aliphatic heterocycles. The molecule has 0 aliphatic rings. The summed E-state index contributed by atoms with van der Waals surface area (Å²) in [6.07, 6.45) is 10.5. The summed E-state index contributed by atoms with van der Waals surface area (Å²) in [4.78, 5) is 33.6. The average molecular weight is 632 g/mol. The Bertz CT molecular complexity index is 1660. The van der Waals surface area contributed by atoms with E-state index in [9.17, 15) is 23.1 Å². The van der Waals surface area contributed by atoms with Crippen molar-refractivity contribution in [3.8, 4) is 34.0 Å². The number of nitrogens with one attached hydrogen (secondary N) is 1. The van der Waals surface area contributed by atoms with E-state index in [-0.39, 0.29) is 17.7 Å². The van der Waals surface area contributed by atoms with Crippen molar-refractivity contribution in [1.82, 2.24) is 15.3 Å². The number of benzene rings is 3. The molecule has 0 radical (unpaired) electrons. The molecule has 1 atom stereocenters. The number of carbonyl (C=O) groups is 2. The van der Waals surface area contributed by atoms with Gasteiger partial charge >= 0.3 is 16.1 Å². The molecule has 11 heteroatoms.